The summed E-state index contributed by atoms with van der Waals surface area (Å²) >= 11 is 0. The van der Waals surface area contributed by atoms with Crippen molar-refractivity contribution in [2.24, 2.45) is 52.1 Å². The highest BCUT2D eigenvalue weighted by Gasteiger charge is 2.65. The number of carboxylic acids is 1. The van der Waals surface area contributed by atoms with Gasteiger partial charge in [-0.2, -0.15) is 0 Å². The summed E-state index contributed by atoms with van der Waals surface area (Å²) in [6.07, 6.45) is 12.9. The van der Waals surface area contributed by atoms with E-state index in [-0.39, 0.29) is 12.0 Å². The van der Waals surface area contributed by atoms with Gasteiger partial charge < -0.3 is 20.5 Å². The maximum atomic E-state index is 12.5. The number of nitrogens with zero attached hydrogens (tertiary/aromatic N) is 1. The number of ether oxygens (including phenoxy) is 1. The molecule has 3 N–H and O–H groups in total. The molecule has 6 heteroatoms. The molecule has 1 heterocycles. The van der Waals surface area contributed by atoms with Gasteiger partial charge in [-0.15, -0.1) is 0 Å². The van der Waals surface area contributed by atoms with Gasteiger partial charge in [-0.25, -0.2) is 4.79 Å². The SMILES string of the molecule is C[C@]12C(Cc3ccccc3)CCC(N3CCCCC3)C1CC[C@H]1[C@@H]3CCC(C(=O)O)[C@@]3(COC(N)=O)CC[C@@H]12. The van der Waals surface area contributed by atoms with Gasteiger partial charge in [0, 0.05) is 11.5 Å². The second-order valence-electron chi connectivity index (χ2n) is 13.9. The Bertz CT molecular complexity index is 1040. The van der Waals surface area contributed by atoms with Crippen LogP contribution in [0.1, 0.15) is 83.1 Å². The Morgan fingerprint density at radius 1 is 0.949 bits per heavy atom. The number of rotatable bonds is 6. The standard InChI is InChI=1S/C33H48N2O4/c1-32-23(20-22-8-4-2-5-9-22)10-15-29(35-18-6-3-7-19-35)27(32)12-11-24-25(32)16-17-33(21-39-31(34)38)26(24)13-14-28(33)30(36)37/h2,4-5,8-9,23-29H,3,6-7,10-21H2,1H3,(H2,34,38)(H,36,37)/t23?,24-,25+,26+,27?,28?,29?,32-,33-/m1/s1. The van der Waals surface area contributed by atoms with Crippen LogP contribution >= 0.6 is 0 Å². The van der Waals surface area contributed by atoms with Gasteiger partial charge in [0.15, 0.2) is 0 Å². The Hall–Kier alpha value is -2.08. The predicted octanol–water partition coefficient (Wildman–Crippen LogP) is 6.13. The molecule has 0 radical (unpaired) electrons. The zero-order valence-electron chi connectivity index (χ0n) is 23.7. The first-order valence-corrected chi connectivity index (χ1v) is 15.8. The number of fused-ring (bicyclic) bond motifs is 5. The lowest BCUT2D eigenvalue weighted by Crippen LogP contribution is -2.63. The van der Waals surface area contributed by atoms with Crippen LogP contribution in [0.4, 0.5) is 4.79 Å². The summed E-state index contributed by atoms with van der Waals surface area (Å²) in [4.78, 5) is 27.0. The maximum Gasteiger partial charge on any atom is 0.404 e. The number of carboxylic acid groups (broad SMARTS) is 1. The van der Waals surface area contributed by atoms with Crippen LogP contribution in [0.2, 0.25) is 0 Å². The molecule has 214 valence electrons. The zero-order valence-corrected chi connectivity index (χ0v) is 23.7. The molecule has 4 aliphatic carbocycles. The number of benzene rings is 1. The van der Waals surface area contributed by atoms with Crippen molar-refractivity contribution >= 4 is 12.1 Å². The summed E-state index contributed by atoms with van der Waals surface area (Å²) in [5.41, 5.74) is 6.63. The average Bonchev–Trinajstić information content (AvgIpc) is 3.34. The van der Waals surface area contributed by atoms with E-state index < -0.39 is 23.4 Å². The van der Waals surface area contributed by atoms with Crippen LogP contribution in [0.5, 0.6) is 0 Å². The first-order chi connectivity index (χ1) is 18.8. The molecule has 6 nitrogen and oxygen atoms in total. The van der Waals surface area contributed by atoms with Crippen LogP contribution in [-0.2, 0) is 16.0 Å². The summed E-state index contributed by atoms with van der Waals surface area (Å²) in [5.74, 6) is 1.56. The molecule has 1 aliphatic heterocycles. The second kappa shape index (κ2) is 10.7. The van der Waals surface area contributed by atoms with Gasteiger partial charge in [-0.1, -0.05) is 43.7 Å². The maximum absolute atomic E-state index is 12.5. The molecule has 1 aromatic carbocycles. The number of hydrogen-bond donors (Lipinski definition) is 2. The lowest BCUT2D eigenvalue weighted by atomic mass is 9.41. The van der Waals surface area contributed by atoms with Crippen molar-refractivity contribution in [3.63, 3.8) is 0 Å². The number of carbonyl (C=O) groups excluding carboxylic acids is 1. The molecule has 1 saturated heterocycles. The molecule has 0 bridgehead atoms. The third kappa shape index (κ3) is 4.59. The molecule has 39 heavy (non-hydrogen) atoms. The number of primary amides is 1. The van der Waals surface area contributed by atoms with Crippen LogP contribution in [0.15, 0.2) is 30.3 Å². The molecule has 4 saturated carbocycles. The van der Waals surface area contributed by atoms with Crippen LogP contribution in [-0.4, -0.2) is 47.8 Å². The van der Waals surface area contributed by atoms with Crippen LogP contribution < -0.4 is 5.73 Å². The summed E-state index contributed by atoms with van der Waals surface area (Å²) in [5, 5.41) is 10.2. The fourth-order valence-electron chi connectivity index (χ4n) is 11.1. The summed E-state index contributed by atoms with van der Waals surface area (Å²) in [7, 11) is 0. The van der Waals surface area contributed by atoms with E-state index in [4.69, 9.17) is 10.5 Å². The average molecular weight is 537 g/mol. The first-order valence-electron chi connectivity index (χ1n) is 15.8. The lowest BCUT2D eigenvalue weighted by Gasteiger charge is -2.65. The van der Waals surface area contributed by atoms with Crippen LogP contribution in [0.3, 0.4) is 0 Å². The molecule has 4 unspecified atom stereocenters. The van der Waals surface area contributed by atoms with Gasteiger partial charge in [0.05, 0.1) is 12.5 Å². The molecular formula is C33H48N2O4. The van der Waals surface area contributed by atoms with Gasteiger partial charge in [0.2, 0.25) is 0 Å². The van der Waals surface area contributed by atoms with Crippen molar-refractivity contribution in [3.8, 4) is 0 Å². The molecule has 1 amide bonds. The van der Waals surface area contributed by atoms with E-state index in [2.05, 4.69) is 42.2 Å². The molecule has 6 rings (SSSR count). The van der Waals surface area contributed by atoms with E-state index in [1.807, 2.05) is 0 Å². The smallest absolute Gasteiger partial charge is 0.404 e. The largest absolute Gasteiger partial charge is 0.481 e. The van der Waals surface area contributed by atoms with Crippen molar-refractivity contribution in [2.45, 2.75) is 90.0 Å². The summed E-state index contributed by atoms with van der Waals surface area (Å²) in [6.45, 7) is 5.32. The number of aliphatic carboxylic acids is 1. The van der Waals surface area contributed by atoms with Gasteiger partial charge in [-0.3, -0.25) is 4.79 Å². The summed E-state index contributed by atoms with van der Waals surface area (Å²) < 4.78 is 5.44. The zero-order chi connectivity index (χ0) is 27.2. The van der Waals surface area contributed by atoms with Crippen molar-refractivity contribution in [1.82, 2.24) is 4.90 Å². The van der Waals surface area contributed by atoms with Crippen molar-refractivity contribution in [3.05, 3.63) is 35.9 Å². The number of carbonyl (C=O) groups is 2. The van der Waals surface area contributed by atoms with Crippen LogP contribution in [0, 0.1) is 46.3 Å². The van der Waals surface area contributed by atoms with E-state index in [0.29, 0.717) is 42.1 Å². The van der Waals surface area contributed by atoms with Gasteiger partial charge in [0.1, 0.15) is 0 Å². The number of amides is 1. The topological polar surface area (TPSA) is 92.9 Å². The Labute approximate surface area is 234 Å². The molecular weight excluding hydrogens is 488 g/mol. The lowest BCUT2D eigenvalue weighted by molar-refractivity contribution is -0.176. The molecule has 9 atom stereocenters. The predicted molar refractivity (Wildman–Crippen MR) is 151 cm³/mol. The van der Waals surface area contributed by atoms with Gasteiger partial charge in [-0.05, 0) is 124 Å². The quantitative estimate of drug-likeness (QED) is 0.456. The fourth-order valence-corrected chi connectivity index (χ4v) is 11.1. The minimum absolute atomic E-state index is 0.164. The van der Waals surface area contributed by atoms with Crippen LogP contribution in [0.25, 0.3) is 0 Å². The van der Waals surface area contributed by atoms with Crippen molar-refractivity contribution in [1.29, 1.82) is 0 Å². The molecule has 0 spiro atoms. The fraction of sp³-hybridized carbons (Fsp3) is 0.758. The third-order valence-electron chi connectivity index (χ3n) is 12.7. The second-order valence-corrected chi connectivity index (χ2v) is 13.9. The van der Waals surface area contributed by atoms with E-state index in [9.17, 15) is 14.7 Å². The monoisotopic (exact) mass is 536 g/mol. The van der Waals surface area contributed by atoms with Crippen molar-refractivity contribution < 1.29 is 19.4 Å². The minimum Gasteiger partial charge on any atom is -0.481 e. The van der Waals surface area contributed by atoms with Gasteiger partial charge in [0.25, 0.3) is 0 Å². The van der Waals surface area contributed by atoms with Crippen molar-refractivity contribution in [2.75, 3.05) is 19.7 Å². The Morgan fingerprint density at radius 2 is 1.69 bits per heavy atom. The molecule has 1 aromatic rings. The normalized spacial score (nSPS) is 42.1. The Balaban J connectivity index is 1.34. The highest BCUT2D eigenvalue weighted by Crippen LogP contribution is 2.69. The van der Waals surface area contributed by atoms with E-state index in [1.54, 1.807) is 0 Å². The van der Waals surface area contributed by atoms with E-state index >= 15 is 0 Å². The van der Waals surface area contributed by atoms with Gasteiger partial charge >= 0.3 is 12.1 Å². The first kappa shape index (κ1) is 27.1. The summed E-state index contributed by atoms with van der Waals surface area (Å²) in [6, 6.07) is 11.8. The number of nitrogens with two attached hydrogens (primary N) is 1. The minimum atomic E-state index is -0.781. The van der Waals surface area contributed by atoms with E-state index in [0.717, 1.165) is 25.7 Å². The number of hydrogen-bond acceptors (Lipinski definition) is 4. The molecule has 5 fully saturated rings. The Morgan fingerprint density at radius 3 is 2.41 bits per heavy atom. The third-order valence-corrected chi connectivity index (χ3v) is 12.7. The number of piperidine rings is 1. The number of likely N-dealkylation sites (tertiary alicyclic amines) is 1. The molecule has 5 aliphatic rings. The highest BCUT2D eigenvalue weighted by atomic mass is 16.5. The highest BCUT2D eigenvalue weighted by molar-refractivity contribution is 5.72. The van der Waals surface area contributed by atoms with E-state index in [1.165, 1.54) is 63.6 Å². The molecule has 0 aromatic heterocycles. The Kier molecular flexibility index (Phi) is 7.45.